The highest BCUT2D eigenvalue weighted by atomic mass is 16.4. The lowest BCUT2D eigenvalue weighted by atomic mass is 9.47. The Morgan fingerprint density at radius 3 is 2.88 bits per heavy atom. The number of allylic oxidation sites excluding steroid dienone is 3. The topological polar surface area (TPSA) is 70.7 Å². The number of fused-ring (bicyclic) bond motifs is 1. The van der Waals surface area contributed by atoms with Crippen molar-refractivity contribution in [2.24, 2.45) is 22.7 Å². The number of rotatable bonds is 5. The first-order valence-electron chi connectivity index (χ1n) is 8.68. The summed E-state index contributed by atoms with van der Waals surface area (Å²) in [6.07, 6.45) is 12.6. The van der Waals surface area contributed by atoms with Gasteiger partial charge < -0.3 is 14.6 Å². The van der Waals surface area contributed by atoms with E-state index in [1.807, 2.05) is 12.1 Å². The number of aryl methyl sites for hydroxylation is 1. The summed E-state index contributed by atoms with van der Waals surface area (Å²) < 4.78 is 5.17. The SMILES string of the molecule is CC1CCC2(CO)C(C(=O)O)=CC=CC2C1(C)CCc1ccoc1. The second-order valence-electron chi connectivity index (χ2n) is 7.64. The fourth-order valence-electron chi connectivity index (χ4n) is 4.83. The van der Waals surface area contributed by atoms with Gasteiger partial charge in [-0.25, -0.2) is 4.79 Å². The molecule has 1 aromatic rings. The summed E-state index contributed by atoms with van der Waals surface area (Å²) in [6.45, 7) is 4.39. The van der Waals surface area contributed by atoms with Crippen molar-refractivity contribution in [3.8, 4) is 0 Å². The zero-order chi connectivity index (χ0) is 17.4. The maximum absolute atomic E-state index is 11.8. The molecule has 0 spiro atoms. The Morgan fingerprint density at radius 1 is 1.46 bits per heavy atom. The predicted octanol–water partition coefficient (Wildman–Crippen LogP) is 3.82. The summed E-state index contributed by atoms with van der Waals surface area (Å²) in [5, 5.41) is 19.9. The van der Waals surface area contributed by atoms with E-state index in [1.165, 1.54) is 0 Å². The molecule has 1 heterocycles. The van der Waals surface area contributed by atoms with Crippen LogP contribution in [-0.2, 0) is 11.2 Å². The van der Waals surface area contributed by atoms with Gasteiger partial charge in [-0.2, -0.15) is 0 Å². The first kappa shape index (κ1) is 17.0. The molecule has 2 aliphatic carbocycles. The fraction of sp³-hybridized carbons (Fsp3) is 0.550. The van der Waals surface area contributed by atoms with Crippen LogP contribution in [0.15, 0.2) is 46.8 Å². The van der Waals surface area contributed by atoms with Crippen molar-refractivity contribution in [1.29, 1.82) is 0 Å². The van der Waals surface area contributed by atoms with Gasteiger partial charge in [-0.1, -0.05) is 32.1 Å². The van der Waals surface area contributed by atoms with Gasteiger partial charge in [0.1, 0.15) is 0 Å². The smallest absolute Gasteiger partial charge is 0.332 e. The molecule has 0 amide bonds. The van der Waals surface area contributed by atoms with Gasteiger partial charge in [-0.05, 0) is 54.6 Å². The minimum absolute atomic E-state index is 0.0294. The van der Waals surface area contributed by atoms with E-state index >= 15 is 0 Å². The quantitative estimate of drug-likeness (QED) is 0.861. The number of aliphatic hydroxyl groups is 1. The maximum Gasteiger partial charge on any atom is 0.332 e. The van der Waals surface area contributed by atoms with Crippen molar-refractivity contribution in [2.75, 3.05) is 6.61 Å². The Balaban J connectivity index is 1.95. The lowest BCUT2D eigenvalue weighted by Gasteiger charge is -2.56. The molecule has 1 aromatic heterocycles. The molecule has 0 aliphatic heterocycles. The van der Waals surface area contributed by atoms with Crippen LogP contribution in [0.1, 0.15) is 38.7 Å². The number of carboxylic acids is 1. The first-order chi connectivity index (χ1) is 11.4. The maximum atomic E-state index is 11.8. The van der Waals surface area contributed by atoms with Crippen molar-refractivity contribution >= 4 is 5.97 Å². The van der Waals surface area contributed by atoms with Gasteiger partial charge in [0.2, 0.25) is 0 Å². The molecule has 1 fully saturated rings. The Kier molecular flexibility index (Phi) is 4.43. The summed E-state index contributed by atoms with van der Waals surface area (Å²) in [5.74, 6) is -0.418. The standard InChI is InChI=1S/C20H26O4/c1-14-6-10-20(13-21)16(18(22)23)4-3-5-17(20)19(14,2)9-7-15-8-11-24-12-15/h3-5,8,11-12,14,17,21H,6-7,9-10,13H2,1-2H3,(H,22,23). The van der Waals surface area contributed by atoms with Crippen LogP contribution in [-0.4, -0.2) is 22.8 Å². The van der Waals surface area contributed by atoms with Crippen LogP contribution in [0.2, 0.25) is 0 Å². The average molecular weight is 330 g/mol. The monoisotopic (exact) mass is 330 g/mol. The number of aliphatic hydroxyl groups excluding tert-OH is 1. The Hall–Kier alpha value is -1.81. The second kappa shape index (κ2) is 6.25. The molecule has 0 saturated heterocycles. The van der Waals surface area contributed by atoms with Crippen LogP contribution in [0, 0.1) is 22.7 Å². The van der Waals surface area contributed by atoms with Crippen LogP contribution >= 0.6 is 0 Å². The first-order valence-corrected chi connectivity index (χ1v) is 8.68. The lowest BCUT2D eigenvalue weighted by Crippen LogP contribution is -2.53. The molecule has 3 rings (SSSR count). The fourth-order valence-corrected chi connectivity index (χ4v) is 4.83. The van der Waals surface area contributed by atoms with E-state index in [2.05, 4.69) is 19.9 Å². The minimum Gasteiger partial charge on any atom is -0.478 e. The number of carbonyl (C=O) groups is 1. The lowest BCUT2D eigenvalue weighted by molar-refractivity contribution is -0.137. The van der Waals surface area contributed by atoms with Crippen LogP contribution in [0.3, 0.4) is 0 Å². The number of hydrogen-bond donors (Lipinski definition) is 2. The highest BCUT2D eigenvalue weighted by Gasteiger charge is 2.56. The molecule has 0 bridgehead atoms. The van der Waals surface area contributed by atoms with E-state index in [0.29, 0.717) is 11.5 Å². The zero-order valence-electron chi connectivity index (χ0n) is 14.4. The third-order valence-corrected chi connectivity index (χ3v) is 6.60. The van der Waals surface area contributed by atoms with Gasteiger partial charge in [-0.3, -0.25) is 0 Å². The molecule has 4 atom stereocenters. The molecule has 130 valence electrons. The van der Waals surface area contributed by atoms with Crippen LogP contribution in [0.5, 0.6) is 0 Å². The van der Waals surface area contributed by atoms with E-state index in [0.717, 1.165) is 31.2 Å². The van der Waals surface area contributed by atoms with Crippen molar-refractivity contribution in [3.63, 3.8) is 0 Å². The highest BCUT2D eigenvalue weighted by Crippen LogP contribution is 2.60. The molecule has 2 N–H and O–H groups in total. The van der Waals surface area contributed by atoms with Gasteiger partial charge in [0, 0.05) is 11.0 Å². The van der Waals surface area contributed by atoms with Crippen molar-refractivity contribution in [2.45, 2.75) is 39.5 Å². The van der Waals surface area contributed by atoms with Gasteiger partial charge in [0.25, 0.3) is 0 Å². The van der Waals surface area contributed by atoms with Gasteiger partial charge >= 0.3 is 5.97 Å². The molecule has 2 aliphatic rings. The molecule has 0 aromatic carbocycles. The van der Waals surface area contributed by atoms with E-state index in [1.54, 1.807) is 18.6 Å². The summed E-state index contributed by atoms with van der Waals surface area (Å²) >= 11 is 0. The Morgan fingerprint density at radius 2 is 2.25 bits per heavy atom. The van der Waals surface area contributed by atoms with Crippen molar-refractivity contribution in [3.05, 3.63) is 48.0 Å². The number of carboxylic acid groups (broad SMARTS) is 1. The predicted molar refractivity (Wildman–Crippen MR) is 91.4 cm³/mol. The number of aliphatic carboxylic acids is 1. The molecule has 0 radical (unpaired) electrons. The average Bonchev–Trinajstić information content (AvgIpc) is 3.09. The largest absolute Gasteiger partial charge is 0.478 e. The summed E-state index contributed by atoms with van der Waals surface area (Å²) in [5.41, 5.74) is 0.790. The summed E-state index contributed by atoms with van der Waals surface area (Å²) in [6, 6.07) is 1.98. The van der Waals surface area contributed by atoms with Crippen LogP contribution in [0.4, 0.5) is 0 Å². The van der Waals surface area contributed by atoms with Gasteiger partial charge in [0.05, 0.1) is 19.1 Å². The summed E-state index contributed by atoms with van der Waals surface area (Å²) in [4.78, 5) is 11.8. The second-order valence-corrected chi connectivity index (χ2v) is 7.64. The molecule has 1 saturated carbocycles. The third-order valence-electron chi connectivity index (χ3n) is 6.60. The van der Waals surface area contributed by atoms with E-state index < -0.39 is 11.4 Å². The van der Waals surface area contributed by atoms with E-state index in [9.17, 15) is 15.0 Å². The minimum atomic E-state index is -0.912. The van der Waals surface area contributed by atoms with Crippen LogP contribution in [0.25, 0.3) is 0 Å². The van der Waals surface area contributed by atoms with Crippen molar-refractivity contribution in [1.82, 2.24) is 0 Å². The third kappa shape index (κ3) is 2.53. The Bertz CT molecular complexity index is 657. The molecular weight excluding hydrogens is 304 g/mol. The van der Waals surface area contributed by atoms with Crippen molar-refractivity contribution < 1.29 is 19.4 Å². The molecule has 24 heavy (non-hydrogen) atoms. The number of furan rings is 1. The molecule has 4 unspecified atom stereocenters. The normalized spacial score (nSPS) is 35.4. The van der Waals surface area contributed by atoms with E-state index in [-0.39, 0.29) is 17.9 Å². The summed E-state index contributed by atoms with van der Waals surface area (Å²) in [7, 11) is 0. The molecular formula is C20H26O4. The van der Waals surface area contributed by atoms with Gasteiger partial charge in [-0.15, -0.1) is 0 Å². The molecule has 4 nitrogen and oxygen atoms in total. The number of hydrogen-bond acceptors (Lipinski definition) is 3. The zero-order valence-corrected chi connectivity index (χ0v) is 14.4. The molecule has 4 heteroatoms. The Labute approximate surface area is 142 Å². The van der Waals surface area contributed by atoms with Gasteiger partial charge in [0.15, 0.2) is 0 Å². The van der Waals surface area contributed by atoms with Crippen LogP contribution < -0.4 is 0 Å². The highest BCUT2D eigenvalue weighted by molar-refractivity contribution is 5.89. The van der Waals surface area contributed by atoms with E-state index in [4.69, 9.17) is 4.42 Å².